The molecule has 7 heteroatoms. The summed E-state index contributed by atoms with van der Waals surface area (Å²) in [5.41, 5.74) is 0.972. The Morgan fingerprint density at radius 2 is 2.00 bits per heavy atom. The Hall–Kier alpha value is -1.35. The SMILES string of the molecule is CNc1cccnc1S(=O)(=O)Nc1cccc(I)c1. The Bertz CT molecular complexity index is 689. The van der Waals surface area contributed by atoms with Crippen molar-refractivity contribution in [1.82, 2.24) is 4.98 Å². The molecule has 2 aromatic rings. The van der Waals surface area contributed by atoms with Gasteiger partial charge in [-0.1, -0.05) is 6.07 Å². The van der Waals surface area contributed by atoms with E-state index in [1.165, 1.54) is 6.20 Å². The van der Waals surface area contributed by atoms with Gasteiger partial charge in [0.05, 0.1) is 5.69 Å². The van der Waals surface area contributed by atoms with Gasteiger partial charge < -0.3 is 5.32 Å². The molecule has 0 atom stereocenters. The van der Waals surface area contributed by atoms with E-state index in [1.807, 2.05) is 6.07 Å². The van der Waals surface area contributed by atoms with Gasteiger partial charge in [-0.3, -0.25) is 4.72 Å². The number of hydrogen-bond acceptors (Lipinski definition) is 4. The zero-order valence-corrected chi connectivity index (χ0v) is 13.1. The molecule has 0 fully saturated rings. The highest BCUT2D eigenvalue weighted by Gasteiger charge is 2.19. The van der Waals surface area contributed by atoms with Crippen LogP contribution in [0.1, 0.15) is 0 Å². The molecule has 1 aromatic carbocycles. The number of pyridine rings is 1. The third-order valence-corrected chi connectivity index (χ3v) is 4.38. The predicted molar refractivity (Wildman–Crippen MR) is 83.8 cm³/mol. The molecule has 0 bridgehead atoms. The molecule has 0 aliphatic carbocycles. The number of halogens is 1. The lowest BCUT2D eigenvalue weighted by Gasteiger charge is -2.10. The van der Waals surface area contributed by atoms with Crippen LogP contribution in [0.2, 0.25) is 0 Å². The second-order valence-corrected chi connectivity index (χ2v) is 6.57. The average Bonchev–Trinajstić information content (AvgIpc) is 2.38. The summed E-state index contributed by atoms with van der Waals surface area (Å²) in [6, 6.07) is 10.5. The van der Waals surface area contributed by atoms with Gasteiger partial charge in [-0.15, -0.1) is 0 Å². The summed E-state index contributed by atoms with van der Waals surface area (Å²) in [6.45, 7) is 0. The van der Waals surface area contributed by atoms with Gasteiger partial charge in [-0.05, 0) is 52.9 Å². The van der Waals surface area contributed by atoms with Gasteiger partial charge in [0.25, 0.3) is 10.0 Å². The summed E-state index contributed by atoms with van der Waals surface area (Å²) in [5, 5.41) is 2.80. The van der Waals surface area contributed by atoms with Gasteiger partial charge >= 0.3 is 0 Å². The normalized spacial score (nSPS) is 11.1. The van der Waals surface area contributed by atoms with E-state index in [1.54, 1.807) is 37.4 Å². The van der Waals surface area contributed by atoms with Crippen LogP contribution in [0.3, 0.4) is 0 Å². The van der Waals surface area contributed by atoms with E-state index in [4.69, 9.17) is 0 Å². The number of hydrogen-bond donors (Lipinski definition) is 2. The van der Waals surface area contributed by atoms with Crippen LogP contribution in [0.25, 0.3) is 0 Å². The van der Waals surface area contributed by atoms with Crippen LogP contribution < -0.4 is 10.0 Å². The zero-order chi connectivity index (χ0) is 13.9. The van der Waals surface area contributed by atoms with Gasteiger partial charge in [0, 0.05) is 22.5 Å². The van der Waals surface area contributed by atoms with Crippen molar-refractivity contribution in [2.24, 2.45) is 0 Å². The standard InChI is InChI=1S/C12H12IN3O2S/c1-14-11-6-3-7-15-12(11)19(17,18)16-10-5-2-4-9(13)8-10/h2-8,14,16H,1H3. The summed E-state index contributed by atoms with van der Waals surface area (Å²) < 4.78 is 28.0. The fraction of sp³-hybridized carbons (Fsp3) is 0.0833. The second kappa shape index (κ2) is 5.74. The van der Waals surface area contributed by atoms with Crippen molar-refractivity contribution in [2.75, 3.05) is 17.1 Å². The van der Waals surface area contributed by atoms with Gasteiger partial charge in [0.15, 0.2) is 5.03 Å². The molecular weight excluding hydrogens is 377 g/mol. The minimum absolute atomic E-state index is 0.0173. The molecule has 0 spiro atoms. The van der Waals surface area contributed by atoms with Gasteiger partial charge in [0.1, 0.15) is 0 Å². The van der Waals surface area contributed by atoms with Crippen LogP contribution >= 0.6 is 22.6 Å². The van der Waals surface area contributed by atoms with Gasteiger partial charge in [-0.2, -0.15) is 8.42 Å². The Morgan fingerprint density at radius 1 is 1.21 bits per heavy atom. The minimum atomic E-state index is -3.70. The number of sulfonamides is 1. The van der Waals surface area contributed by atoms with Crippen molar-refractivity contribution in [3.8, 4) is 0 Å². The van der Waals surface area contributed by atoms with Crippen LogP contribution in [0, 0.1) is 3.57 Å². The highest BCUT2D eigenvalue weighted by atomic mass is 127. The zero-order valence-electron chi connectivity index (χ0n) is 10.1. The molecule has 0 saturated heterocycles. The van der Waals surface area contributed by atoms with Crippen LogP contribution in [0.5, 0.6) is 0 Å². The Morgan fingerprint density at radius 3 is 2.68 bits per heavy atom. The Balaban J connectivity index is 2.38. The molecule has 19 heavy (non-hydrogen) atoms. The maximum Gasteiger partial charge on any atom is 0.281 e. The summed E-state index contributed by atoms with van der Waals surface area (Å²) in [5.74, 6) is 0. The first-order valence-corrected chi connectivity index (χ1v) is 8.00. The molecule has 1 heterocycles. The number of rotatable bonds is 4. The van der Waals surface area contributed by atoms with E-state index in [0.29, 0.717) is 11.4 Å². The highest BCUT2D eigenvalue weighted by Crippen LogP contribution is 2.21. The first-order valence-electron chi connectivity index (χ1n) is 5.44. The fourth-order valence-electron chi connectivity index (χ4n) is 1.55. The Kier molecular flexibility index (Phi) is 4.25. The van der Waals surface area contributed by atoms with Crippen LogP contribution in [0.15, 0.2) is 47.6 Å². The molecule has 0 radical (unpaired) electrons. The molecule has 0 saturated carbocycles. The average molecular weight is 389 g/mol. The molecule has 100 valence electrons. The maximum atomic E-state index is 12.3. The predicted octanol–water partition coefficient (Wildman–Crippen LogP) is 2.53. The van der Waals surface area contributed by atoms with Crippen molar-refractivity contribution < 1.29 is 8.42 Å². The summed E-state index contributed by atoms with van der Waals surface area (Å²) >= 11 is 2.12. The van der Waals surface area contributed by atoms with E-state index in [-0.39, 0.29) is 5.03 Å². The van der Waals surface area contributed by atoms with E-state index in [0.717, 1.165) is 3.57 Å². The quantitative estimate of drug-likeness (QED) is 0.789. The van der Waals surface area contributed by atoms with Crippen molar-refractivity contribution in [2.45, 2.75) is 5.03 Å². The largest absolute Gasteiger partial charge is 0.386 e. The second-order valence-electron chi connectivity index (χ2n) is 3.72. The summed E-state index contributed by atoms with van der Waals surface area (Å²) in [4.78, 5) is 3.92. The number of nitrogens with zero attached hydrogens (tertiary/aromatic N) is 1. The van der Waals surface area contributed by atoms with Crippen molar-refractivity contribution >= 4 is 44.0 Å². The van der Waals surface area contributed by atoms with Crippen molar-refractivity contribution in [1.29, 1.82) is 0 Å². The molecular formula is C12H12IN3O2S. The van der Waals surface area contributed by atoms with E-state index >= 15 is 0 Å². The van der Waals surface area contributed by atoms with Crippen LogP contribution in [-0.4, -0.2) is 20.4 Å². The molecule has 0 aliphatic rings. The number of aromatic nitrogens is 1. The third-order valence-electron chi connectivity index (χ3n) is 2.37. The van der Waals surface area contributed by atoms with E-state index in [2.05, 4.69) is 37.6 Å². The lowest BCUT2D eigenvalue weighted by Crippen LogP contribution is -2.16. The monoisotopic (exact) mass is 389 g/mol. The number of benzene rings is 1. The fourth-order valence-corrected chi connectivity index (χ4v) is 3.29. The van der Waals surface area contributed by atoms with Gasteiger partial charge in [-0.25, -0.2) is 4.98 Å². The van der Waals surface area contributed by atoms with Gasteiger partial charge in [0.2, 0.25) is 0 Å². The minimum Gasteiger partial charge on any atom is -0.386 e. The van der Waals surface area contributed by atoms with Crippen molar-refractivity contribution in [3.63, 3.8) is 0 Å². The van der Waals surface area contributed by atoms with E-state index < -0.39 is 10.0 Å². The number of anilines is 2. The first kappa shape index (κ1) is 14.1. The summed E-state index contributed by atoms with van der Waals surface area (Å²) in [6.07, 6.45) is 1.45. The van der Waals surface area contributed by atoms with E-state index in [9.17, 15) is 8.42 Å². The first-order chi connectivity index (χ1) is 9.03. The molecule has 5 nitrogen and oxygen atoms in total. The molecule has 0 amide bonds. The molecule has 1 aromatic heterocycles. The topological polar surface area (TPSA) is 71.1 Å². The highest BCUT2D eigenvalue weighted by molar-refractivity contribution is 14.1. The van der Waals surface area contributed by atoms with Crippen molar-refractivity contribution in [3.05, 3.63) is 46.2 Å². The Labute approximate surface area is 125 Å². The maximum absolute atomic E-state index is 12.3. The van der Waals surface area contributed by atoms with Crippen LogP contribution in [-0.2, 0) is 10.0 Å². The molecule has 0 unspecified atom stereocenters. The smallest absolute Gasteiger partial charge is 0.281 e. The number of nitrogens with one attached hydrogen (secondary N) is 2. The summed E-state index contributed by atoms with van der Waals surface area (Å²) in [7, 11) is -2.05. The molecule has 2 rings (SSSR count). The molecule has 0 aliphatic heterocycles. The van der Waals surface area contributed by atoms with Crippen LogP contribution in [0.4, 0.5) is 11.4 Å². The lowest BCUT2D eigenvalue weighted by molar-refractivity contribution is 0.598. The molecule has 2 N–H and O–H groups in total. The third kappa shape index (κ3) is 3.35. The lowest BCUT2D eigenvalue weighted by atomic mass is 10.3.